The summed E-state index contributed by atoms with van der Waals surface area (Å²) >= 11 is 0. The Hall–Kier alpha value is -2.78. The highest BCUT2D eigenvalue weighted by atomic mass is 16.3. The zero-order chi connectivity index (χ0) is 17.2. The monoisotopic (exact) mass is 331 g/mol. The van der Waals surface area contributed by atoms with Crippen LogP contribution in [-0.2, 0) is 13.1 Å². The first-order chi connectivity index (χ1) is 12.2. The van der Waals surface area contributed by atoms with Crippen LogP contribution in [0.15, 0.2) is 69.7 Å². The van der Waals surface area contributed by atoms with Gasteiger partial charge in [-0.05, 0) is 43.7 Å². The fourth-order valence-electron chi connectivity index (χ4n) is 3.14. The van der Waals surface area contributed by atoms with Crippen LogP contribution >= 0.6 is 0 Å². The summed E-state index contributed by atoms with van der Waals surface area (Å²) in [7, 11) is 0. The second-order valence-electron chi connectivity index (χ2n) is 6.45. The van der Waals surface area contributed by atoms with Crippen LogP contribution in [0.3, 0.4) is 0 Å². The lowest BCUT2D eigenvalue weighted by Gasteiger charge is -2.06. The van der Waals surface area contributed by atoms with Gasteiger partial charge in [0.1, 0.15) is 17.1 Å². The van der Waals surface area contributed by atoms with E-state index >= 15 is 0 Å². The van der Waals surface area contributed by atoms with Crippen LogP contribution in [0.25, 0.3) is 22.1 Å². The smallest absolute Gasteiger partial charge is 0.135 e. The van der Waals surface area contributed by atoms with Gasteiger partial charge in [0.15, 0.2) is 0 Å². The van der Waals surface area contributed by atoms with Crippen LogP contribution in [0.1, 0.15) is 22.6 Å². The predicted molar refractivity (Wildman–Crippen MR) is 100 cm³/mol. The Bertz CT molecular complexity index is 979. The maximum atomic E-state index is 6.17. The Labute approximate surface area is 147 Å². The molecule has 0 spiro atoms. The van der Waals surface area contributed by atoms with E-state index in [2.05, 4.69) is 61.6 Å². The quantitative estimate of drug-likeness (QED) is 0.517. The molecule has 0 saturated heterocycles. The summed E-state index contributed by atoms with van der Waals surface area (Å²) in [5, 5.41) is 4.58. The van der Waals surface area contributed by atoms with E-state index in [1.165, 1.54) is 27.6 Å². The van der Waals surface area contributed by atoms with E-state index in [-0.39, 0.29) is 0 Å². The van der Waals surface area contributed by atoms with Crippen molar-refractivity contribution >= 4 is 11.0 Å². The van der Waals surface area contributed by atoms with Crippen molar-refractivity contribution in [1.82, 2.24) is 5.32 Å². The molecule has 1 N–H and O–H groups in total. The zero-order valence-corrected chi connectivity index (χ0v) is 14.5. The van der Waals surface area contributed by atoms with Gasteiger partial charge in [-0.3, -0.25) is 0 Å². The van der Waals surface area contributed by atoms with Gasteiger partial charge in [-0.25, -0.2) is 0 Å². The summed E-state index contributed by atoms with van der Waals surface area (Å²) in [6, 6.07) is 18.8. The van der Waals surface area contributed by atoms with E-state index in [0.29, 0.717) is 13.1 Å². The third-order valence-electron chi connectivity index (χ3n) is 4.42. The lowest BCUT2D eigenvalue weighted by atomic mass is 10.00. The fourth-order valence-corrected chi connectivity index (χ4v) is 3.14. The molecule has 2 heterocycles. The maximum Gasteiger partial charge on any atom is 0.135 e. The highest BCUT2D eigenvalue weighted by Crippen LogP contribution is 2.35. The van der Waals surface area contributed by atoms with Crippen molar-refractivity contribution in [3.05, 3.63) is 83.5 Å². The summed E-state index contributed by atoms with van der Waals surface area (Å²) in [6.07, 6.45) is 1.69. The van der Waals surface area contributed by atoms with Gasteiger partial charge in [0.05, 0.1) is 19.4 Å². The van der Waals surface area contributed by atoms with Crippen LogP contribution in [-0.4, -0.2) is 0 Å². The fraction of sp³-hybridized carbons (Fsp3) is 0.182. The number of fused-ring (bicyclic) bond motifs is 1. The van der Waals surface area contributed by atoms with Crippen molar-refractivity contribution < 1.29 is 8.83 Å². The van der Waals surface area contributed by atoms with Crippen LogP contribution in [0.4, 0.5) is 0 Å². The topological polar surface area (TPSA) is 38.3 Å². The molecular weight excluding hydrogens is 310 g/mol. The summed E-state index contributed by atoms with van der Waals surface area (Å²) in [5.74, 6) is 1.87. The number of rotatable bonds is 5. The van der Waals surface area contributed by atoms with E-state index < -0.39 is 0 Å². The molecule has 0 aliphatic rings. The number of furan rings is 2. The molecule has 3 nitrogen and oxygen atoms in total. The van der Waals surface area contributed by atoms with E-state index in [9.17, 15) is 0 Å². The van der Waals surface area contributed by atoms with Crippen LogP contribution in [0.5, 0.6) is 0 Å². The van der Waals surface area contributed by atoms with Crippen molar-refractivity contribution in [3.8, 4) is 11.1 Å². The average molecular weight is 331 g/mol. The number of nitrogens with one attached hydrogen (secondary N) is 1. The maximum absolute atomic E-state index is 6.17. The van der Waals surface area contributed by atoms with E-state index in [0.717, 1.165) is 17.1 Å². The average Bonchev–Trinajstić information content (AvgIpc) is 3.23. The zero-order valence-electron chi connectivity index (χ0n) is 14.5. The molecule has 0 aliphatic heterocycles. The molecule has 0 radical (unpaired) electrons. The van der Waals surface area contributed by atoms with Crippen molar-refractivity contribution in [2.45, 2.75) is 26.9 Å². The Morgan fingerprint density at radius 2 is 1.68 bits per heavy atom. The molecular formula is C22H21NO2. The number of benzene rings is 2. The minimum absolute atomic E-state index is 0.650. The Morgan fingerprint density at radius 3 is 2.44 bits per heavy atom. The second-order valence-corrected chi connectivity index (χ2v) is 6.45. The predicted octanol–water partition coefficient (Wildman–Crippen LogP) is 5.60. The number of hydrogen-bond acceptors (Lipinski definition) is 3. The van der Waals surface area contributed by atoms with Gasteiger partial charge in [-0.15, -0.1) is 0 Å². The van der Waals surface area contributed by atoms with Gasteiger partial charge in [0, 0.05) is 10.9 Å². The number of aryl methyl sites for hydroxylation is 2. The molecule has 2 aromatic carbocycles. The summed E-state index contributed by atoms with van der Waals surface area (Å²) < 4.78 is 11.5. The highest BCUT2D eigenvalue weighted by Gasteiger charge is 2.16. The molecule has 25 heavy (non-hydrogen) atoms. The Kier molecular flexibility index (Phi) is 4.16. The van der Waals surface area contributed by atoms with Crippen molar-refractivity contribution in [1.29, 1.82) is 0 Å². The van der Waals surface area contributed by atoms with Gasteiger partial charge < -0.3 is 14.2 Å². The molecule has 126 valence electrons. The molecule has 2 aromatic heterocycles. The number of hydrogen-bond donors (Lipinski definition) is 1. The van der Waals surface area contributed by atoms with E-state index in [1.54, 1.807) is 6.26 Å². The third kappa shape index (κ3) is 3.24. The van der Waals surface area contributed by atoms with Crippen LogP contribution < -0.4 is 5.32 Å². The van der Waals surface area contributed by atoms with Gasteiger partial charge in [-0.1, -0.05) is 41.5 Å². The molecule has 0 aliphatic carbocycles. The molecule has 0 amide bonds. The standard InChI is InChI=1S/C22H21NO2/c1-15-5-8-17(9-6-15)22-19-12-16(2)7-10-20(19)25-21(22)14-23-13-18-4-3-11-24-18/h3-12,23H,13-14H2,1-2H3. The van der Waals surface area contributed by atoms with Gasteiger partial charge >= 0.3 is 0 Å². The molecule has 0 unspecified atom stereocenters. The van der Waals surface area contributed by atoms with Crippen molar-refractivity contribution in [2.24, 2.45) is 0 Å². The molecule has 0 atom stereocenters. The van der Waals surface area contributed by atoms with Crippen LogP contribution in [0.2, 0.25) is 0 Å². The first-order valence-corrected chi connectivity index (χ1v) is 8.53. The van der Waals surface area contributed by atoms with Gasteiger partial charge in [0.25, 0.3) is 0 Å². The Balaban J connectivity index is 1.71. The molecule has 4 aromatic rings. The minimum atomic E-state index is 0.650. The SMILES string of the molecule is Cc1ccc(-c2c(CNCc3ccco3)oc3ccc(C)cc23)cc1. The van der Waals surface area contributed by atoms with E-state index in [1.807, 2.05) is 12.1 Å². The van der Waals surface area contributed by atoms with Crippen molar-refractivity contribution in [3.63, 3.8) is 0 Å². The highest BCUT2D eigenvalue weighted by molar-refractivity contribution is 5.96. The lowest BCUT2D eigenvalue weighted by molar-refractivity contribution is 0.462. The molecule has 4 rings (SSSR count). The lowest BCUT2D eigenvalue weighted by Crippen LogP contribution is -2.12. The van der Waals surface area contributed by atoms with Gasteiger partial charge in [-0.2, -0.15) is 0 Å². The third-order valence-corrected chi connectivity index (χ3v) is 4.42. The summed E-state index contributed by atoms with van der Waals surface area (Å²) in [6.45, 7) is 5.54. The molecule has 0 bridgehead atoms. The van der Waals surface area contributed by atoms with Crippen LogP contribution in [0, 0.1) is 13.8 Å². The van der Waals surface area contributed by atoms with E-state index in [4.69, 9.17) is 8.83 Å². The molecule has 0 fully saturated rings. The van der Waals surface area contributed by atoms with Crippen molar-refractivity contribution in [2.75, 3.05) is 0 Å². The summed E-state index contributed by atoms with van der Waals surface area (Å²) in [5.41, 5.74) is 5.77. The second kappa shape index (κ2) is 6.61. The summed E-state index contributed by atoms with van der Waals surface area (Å²) in [4.78, 5) is 0. The molecule has 3 heteroatoms. The molecule has 0 saturated carbocycles. The normalized spacial score (nSPS) is 11.3. The minimum Gasteiger partial charge on any atom is -0.468 e. The first kappa shape index (κ1) is 15.7. The first-order valence-electron chi connectivity index (χ1n) is 8.53. The van der Waals surface area contributed by atoms with Gasteiger partial charge in [0.2, 0.25) is 0 Å². The largest absolute Gasteiger partial charge is 0.468 e. The Morgan fingerprint density at radius 1 is 0.880 bits per heavy atom.